The van der Waals surface area contributed by atoms with Gasteiger partial charge in [-0.3, -0.25) is 9.79 Å². The van der Waals surface area contributed by atoms with Gasteiger partial charge in [0.2, 0.25) is 0 Å². The molecule has 2 atom stereocenters. The fourth-order valence-corrected chi connectivity index (χ4v) is 3.61. The molecule has 1 fully saturated rings. The van der Waals surface area contributed by atoms with Crippen molar-refractivity contribution < 1.29 is 4.79 Å². The summed E-state index contributed by atoms with van der Waals surface area (Å²) in [5, 5.41) is 9.42. The summed E-state index contributed by atoms with van der Waals surface area (Å²) in [4.78, 5) is 17.2. The second-order valence-corrected chi connectivity index (χ2v) is 6.92. The number of aliphatic imine (C=N–C) groups is 1. The Hall–Kier alpha value is -1.43. The van der Waals surface area contributed by atoms with Crippen LogP contribution in [0.5, 0.6) is 0 Å². The van der Waals surface area contributed by atoms with Crippen LogP contribution in [0.15, 0.2) is 16.3 Å². The fraction of sp³-hybridized carbons (Fsp3) is 0.706. The predicted octanol–water partition coefficient (Wildman–Crippen LogP) is 4.05. The van der Waals surface area contributed by atoms with Gasteiger partial charge in [0, 0.05) is 18.1 Å². The molecular weight excluding hydrogens is 248 g/mol. The lowest BCUT2D eigenvalue weighted by Crippen LogP contribution is -2.43. The van der Waals surface area contributed by atoms with E-state index in [0.717, 1.165) is 42.7 Å². The van der Waals surface area contributed by atoms with E-state index in [1.807, 2.05) is 6.92 Å². The second kappa shape index (κ2) is 5.52. The summed E-state index contributed by atoms with van der Waals surface area (Å²) in [6.07, 6.45) is 4.56. The number of Topliss-reactive ketones (excluding diaryl/α,β-unsaturated/α-hetero) is 1. The monoisotopic (exact) mass is 272 g/mol. The van der Waals surface area contributed by atoms with Crippen LogP contribution in [-0.2, 0) is 4.79 Å². The molecular formula is C17H24N2O. The number of carbonyl (C=O) groups excluding carboxylic acids is 1. The zero-order valence-corrected chi connectivity index (χ0v) is 13.0. The molecule has 108 valence electrons. The minimum absolute atomic E-state index is 0.00610. The van der Waals surface area contributed by atoms with Crippen LogP contribution in [-0.4, -0.2) is 11.5 Å². The molecule has 1 saturated carbocycles. The molecule has 0 radical (unpaired) electrons. The minimum atomic E-state index is -0.132. The van der Waals surface area contributed by atoms with Gasteiger partial charge < -0.3 is 0 Å². The van der Waals surface area contributed by atoms with Gasteiger partial charge in [0.05, 0.1) is 23.3 Å². The number of nitrogens with zero attached hydrogens (tertiary/aromatic N) is 2. The van der Waals surface area contributed by atoms with Gasteiger partial charge in [0.25, 0.3) is 0 Å². The number of nitriles is 1. The molecule has 0 N–H and O–H groups in total. The van der Waals surface area contributed by atoms with Gasteiger partial charge in [-0.2, -0.15) is 5.26 Å². The molecule has 2 rings (SSSR count). The largest absolute Gasteiger partial charge is 0.299 e. The van der Waals surface area contributed by atoms with Crippen molar-refractivity contribution >= 4 is 11.5 Å². The number of rotatable bonds is 3. The predicted molar refractivity (Wildman–Crippen MR) is 80.3 cm³/mol. The third kappa shape index (κ3) is 2.70. The van der Waals surface area contributed by atoms with Crippen molar-refractivity contribution in [3.63, 3.8) is 0 Å². The van der Waals surface area contributed by atoms with Gasteiger partial charge in [-0.1, -0.05) is 33.6 Å². The Morgan fingerprint density at radius 2 is 2.10 bits per heavy atom. The van der Waals surface area contributed by atoms with Crippen molar-refractivity contribution in [1.82, 2.24) is 0 Å². The number of unbranched alkanes of at least 4 members (excludes halogenated alkanes) is 1. The van der Waals surface area contributed by atoms with Crippen LogP contribution in [0.1, 0.15) is 59.8 Å². The van der Waals surface area contributed by atoms with Crippen LogP contribution in [0.4, 0.5) is 0 Å². The highest BCUT2D eigenvalue weighted by Gasteiger charge is 2.44. The Morgan fingerprint density at radius 3 is 2.70 bits per heavy atom. The summed E-state index contributed by atoms with van der Waals surface area (Å²) in [5.74, 6) is 0.213. The van der Waals surface area contributed by atoms with Crippen molar-refractivity contribution in [2.45, 2.75) is 59.8 Å². The van der Waals surface area contributed by atoms with Gasteiger partial charge in [-0.05, 0) is 25.2 Å². The van der Waals surface area contributed by atoms with Crippen LogP contribution in [0, 0.1) is 28.6 Å². The highest BCUT2D eigenvalue weighted by atomic mass is 16.1. The van der Waals surface area contributed by atoms with E-state index >= 15 is 0 Å². The first-order chi connectivity index (χ1) is 9.39. The van der Waals surface area contributed by atoms with Crippen molar-refractivity contribution in [2.75, 3.05) is 0 Å². The molecule has 1 aliphatic heterocycles. The number of allylic oxidation sites excluding steroid dienone is 2. The molecule has 0 saturated heterocycles. The topological polar surface area (TPSA) is 53.2 Å². The van der Waals surface area contributed by atoms with E-state index in [0.29, 0.717) is 6.42 Å². The standard InChI is InChI=1S/C17H24N2O/c1-5-6-7-12-13(10-18)11(2)19-14-8-17(3,4)9-15(20)16(12)14/h12,16H,5-9H2,1-4H3. The van der Waals surface area contributed by atoms with E-state index in [1.54, 1.807) is 0 Å². The molecule has 0 aromatic heterocycles. The number of hydrogen-bond donors (Lipinski definition) is 0. The number of hydrogen-bond acceptors (Lipinski definition) is 3. The normalized spacial score (nSPS) is 28.8. The highest BCUT2D eigenvalue weighted by molar-refractivity contribution is 6.09. The summed E-state index contributed by atoms with van der Waals surface area (Å²) in [5.41, 5.74) is 2.58. The number of carbonyl (C=O) groups is 1. The third-order valence-corrected chi connectivity index (χ3v) is 4.48. The molecule has 1 heterocycles. The number of ketones is 1. The maximum absolute atomic E-state index is 12.6. The Kier molecular flexibility index (Phi) is 4.13. The van der Waals surface area contributed by atoms with E-state index in [4.69, 9.17) is 0 Å². The second-order valence-electron chi connectivity index (χ2n) is 6.92. The first-order valence-corrected chi connectivity index (χ1v) is 7.60. The van der Waals surface area contributed by atoms with Crippen LogP contribution in [0.25, 0.3) is 0 Å². The zero-order chi connectivity index (χ0) is 14.9. The average Bonchev–Trinajstić information content (AvgIpc) is 2.33. The quantitative estimate of drug-likeness (QED) is 0.778. The van der Waals surface area contributed by atoms with Gasteiger partial charge in [0.1, 0.15) is 5.78 Å². The first kappa shape index (κ1) is 15.0. The lowest BCUT2D eigenvalue weighted by Gasteiger charge is -2.40. The van der Waals surface area contributed by atoms with E-state index in [2.05, 4.69) is 31.8 Å². The summed E-state index contributed by atoms with van der Waals surface area (Å²) in [7, 11) is 0. The van der Waals surface area contributed by atoms with Crippen molar-refractivity contribution in [3.05, 3.63) is 11.3 Å². The van der Waals surface area contributed by atoms with Crippen LogP contribution in [0.2, 0.25) is 0 Å². The molecule has 20 heavy (non-hydrogen) atoms. The van der Waals surface area contributed by atoms with E-state index in [-0.39, 0.29) is 23.0 Å². The van der Waals surface area contributed by atoms with Crippen molar-refractivity contribution in [3.8, 4) is 6.07 Å². The van der Waals surface area contributed by atoms with E-state index in [1.165, 1.54) is 0 Å². The lowest BCUT2D eigenvalue weighted by atomic mass is 9.64. The van der Waals surface area contributed by atoms with Gasteiger partial charge >= 0.3 is 0 Å². The fourth-order valence-electron chi connectivity index (χ4n) is 3.61. The Bertz CT molecular complexity index is 520. The molecule has 0 amide bonds. The molecule has 0 aromatic rings. The van der Waals surface area contributed by atoms with Crippen LogP contribution < -0.4 is 0 Å². The Morgan fingerprint density at radius 1 is 1.40 bits per heavy atom. The van der Waals surface area contributed by atoms with Gasteiger partial charge in [0.15, 0.2) is 0 Å². The summed E-state index contributed by atoms with van der Waals surface area (Å²) >= 11 is 0. The lowest BCUT2D eigenvalue weighted by molar-refractivity contribution is -0.125. The number of fused-ring (bicyclic) bond motifs is 1. The van der Waals surface area contributed by atoms with E-state index < -0.39 is 0 Å². The molecule has 2 aliphatic rings. The Balaban J connectivity index is 2.41. The summed E-state index contributed by atoms with van der Waals surface area (Å²) < 4.78 is 0. The molecule has 0 aromatic carbocycles. The van der Waals surface area contributed by atoms with Crippen molar-refractivity contribution in [2.24, 2.45) is 22.2 Å². The smallest absolute Gasteiger partial charge is 0.142 e. The highest BCUT2D eigenvalue weighted by Crippen LogP contribution is 2.43. The Labute approximate surface area is 121 Å². The summed E-state index contributed by atoms with van der Waals surface area (Å²) in [6.45, 7) is 8.31. The van der Waals surface area contributed by atoms with Crippen LogP contribution in [0.3, 0.4) is 0 Å². The van der Waals surface area contributed by atoms with Gasteiger partial charge in [-0.15, -0.1) is 0 Å². The molecule has 0 spiro atoms. The maximum Gasteiger partial charge on any atom is 0.142 e. The van der Waals surface area contributed by atoms with Crippen molar-refractivity contribution in [1.29, 1.82) is 5.26 Å². The van der Waals surface area contributed by atoms with E-state index in [9.17, 15) is 10.1 Å². The zero-order valence-electron chi connectivity index (χ0n) is 13.0. The molecule has 0 bridgehead atoms. The third-order valence-electron chi connectivity index (χ3n) is 4.48. The molecule has 1 aliphatic carbocycles. The van der Waals surface area contributed by atoms with Crippen LogP contribution >= 0.6 is 0 Å². The minimum Gasteiger partial charge on any atom is -0.299 e. The summed E-state index contributed by atoms with van der Waals surface area (Å²) in [6, 6.07) is 2.31. The maximum atomic E-state index is 12.6. The molecule has 3 nitrogen and oxygen atoms in total. The first-order valence-electron chi connectivity index (χ1n) is 7.60. The average molecular weight is 272 g/mol. The molecule has 2 unspecified atom stereocenters. The SMILES string of the molecule is CCCCC1C(C#N)=C(C)N=C2CC(C)(C)CC(=O)C21. The van der Waals surface area contributed by atoms with Gasteiger partial charge in [-0.25, -0.2) is 0 Å². The molecule has 3 heteroatoms.